The molecule has 2 rings (SSSR count). The summed E-state index contributed by atoms with van der Waals surface area (Å²) in [6.07, 6.45) is 0. The highest BCUT2D eigenvalue weighted by Crippen LogP contribution is 2.31. The maximum absolute atomic E-state index is 6.39. The monoisotopic (exact) mass is 261 g/mol. The van der Waals surface area contributed by atoms with Gasteiger partial charge in [0.2, 0.25) is 0 Å². The van der Waals surface area contributed by atoms with Crippen molar-refractivity contribution in [2.45, 2.75) is 26.8 Å². The summed E-state index contributed by atoms with van der Waals surface area (Å²) in [4.78, 5) is 0. The van der Waals surface area contributed by atoms with Crippen molar-refractivity contribution in [1.29, 1.82) is 0 Å². The number of hydrogen-bond acceptors (Lipinski definition) is 3. The van der Waals surface area contributed by atoms with E-state index in [1.807, 2.05) is 0 Å². The molecule has 1 unspecified atom stereocenters. The van der Waals surface area contributed by atoms with E-state index >= 15 is 0 Å². The molecule has 96 valence electrons. The fourth-order valence-electron chi connectivity index (χ4n) is 2.22. The lowest BCUT2D eigenvalue weighted by molar-refractivity contribution is 0.411. The Morgan fingerprint density at radius 1 is 1.00 bits per heavy atom. The minimum absolute atomic E-state index is 0.0548. The Bertz CT molecular complexity index is 560. The molecule has 1 heterocycles. The number of hydrogen-bond donors (Lipinski definition) is 1. The van der Waals surface area contributed by atoms with Gasteiger partial charge in [0, 0.05) is 0 Å². The van der Waals surface area contributed by atoms with Gasteiger partial charge in [0.1, 0.15) is 5.75 Å². The summed E-state index contributed by atoms with van der Waals surface area (Å²) in [6, 6.07) is 4.14. The molecule has 1 atom stereocenters. The van der Waals surface area contributed by atoms with Crippen LogP contribution in [0.4, 0.5) is 0 Å². The van der Waals surface area contributed by atoms with Gasteiger partial charge in [0.25, 0.3) is 0 Å². The van der Waals surface area contributed by atoms with Gasteiger partial charge >= 0.3 is 0 Å². The molecule has 0 bridgehead atoms. The summed E-state index contributed by atoms with van der Waals surface area (Å²) < 4.78 is 5.34. The van der Waals surface area contributed by atoms with Crippen molar-refractivity contribution >= 4 is 11.3 Å². The molecule has 0 saturated carbocycles. The van der Waals surface area contributed by atoms with E-state index in [1.165, 1.54) is 22.3 Å². The molecule has 2 aromatic rings. The van der Waals surface area contributed by atoms with Crippen LogP contribution in [0.15, 0.2) is 22.9 Å². The molecule has 2 nitrogen and oxygen atoms in total. The molecule has 1 aromatic heterocycles. The van der Waals surface area contributed by atoms with E-state index < -0.39 is 0 Å². The van der Waals surface area contributed by atoms with Crippen LogP contribution in [0, 0.1) is 20.8 Å². The summed E-state index contributed by atoms with van der Waals surface area (Å²) >= 11 is 1.70. The third kappa shape index (κ3) is 2.28. The highest BCUT2D eigenvalue weighted by atomic mass is 32.1. The average molecular weight is 261 g/mol. The molecule has 0 aliphatic rings. The van der Waals surface area contributed by atoms with Gasteiger partial charge in [0.15, 0.2) is 0 Å². The minimum Gasteiger partial charge on any atom is -0.496 e. The summed E-state index contributed by atoms with van der Waals surface area (Å²) in [6.45, 7) is 6.24. The highest BCUT2D eigenvalue weighted by Gasteiger charge is 2.16. The lowest BCUT2D eigenvalue weighted by Crippen LogP contribution is -2.14. The third-order valence-corrected chi connectivity index (χ3v) is 4.23. The number of nitrogens with two attached hydrogens (primary N) is 1. The van der Waals surface area contributed by atoms with Crippen molar-refractivity contribution < 1.29 is 4.74 Å². The number of rotatable bonds is 3. The predicted octanol–water partition coefficient (Wildman–Crippen LogP) is 3.73. The quantitative estimate of drug-likeness (QED) is 0.913. The van der Waals surface area contributed by atoms with Crippen LogP contribution in [0.3, 0.4) is 0 Å². The van der Waals surface area contributed by atoms with E-state index in [4.69, 9.17) is 10.5 Å². The fraction of sp³-hybridized carbons (Fsp3) is 0.333. The van der Waals surface area contributed by atoms with Crippen molar-refractivity contribution in [3.63, 3.8) is 0 Å². The fourth-order valence-corrected chi connectivity index (χ4v) is 3.11. The molecule has 0 amide bonds. The van der Waals surface area contributed by atoms with Crippen molar-refractivity contribution in [2.75, 3.05) is 7.11 Å². The van der Waals surface area contributed by atoms with Crippen LogP contribution in [0.25, 0.3) is 0 Å². The van der Waals surface area contributed by atoms with E-state index in [9.17, 15) is 0 Å². The molecule has 0 radical (unpaired) electrons. The van der Waals surface area contributed by atoms with Gasteiger partial charge in [-0.3, -0.25) is 0 Å². The van der Waals surface area contributed by atoms with E-state index in [-0.39, 0.29) is 6.04 Å². The van der Waals surface area contributed by atoms with E-state index in [1.54, 1.807) is 18.4 Å². The smallest absolute Gasteiger partial charge is 0.122 e. The summed E-state index contributed by atoms with van der Waals surface area (Å²) in [5.41, 5.74) is 12.3. The second kappa shape index (κ2) is 5.12. The first-order valence-corrected chi connectivity index (χ1v) is 6.92. The van der Waals surface area contributed by atoms with E-state index in [0.717, 1.165) is 11.3 Å². The van der Waals surface area contributed by atoms with Crippen LogP contribution in [0.1, 0.15) is 33.9 Å². The molecular weight excluding hydrogens is 242 g/mol. The Kier molecular flexibility index (Phi) is 3.73. The molecule has 0 spiro atoms. The van der Waals surface area contributed by atoms with Crippen molar-refractivity contribution in [2.24, 2.45) is 5.73 Å². The van der Waals surface area contributed by atoms with Gasteiger partial charge < -0.3 is 10.5 Å². The predicted molar refractivity (Wildman–Crippen MR) is 77.6 cm³/mol. The standard InChI is InChI=1S/C15H19NOS/c1-9-6-14(17-4)10(2)5-12(9)15(16)13-8-18-7-11(13)3/h5-8,15H,16H2,1-4H3. The van der Waals surface area contributed by atoms with Gasteiger partial charge in [-0.15, -0.1) is 0 Å². The second-order valence-electron chi connectivity index (χ2n) is 4.67. The molecule has 0 fully saturated rings. The lowest BCUT2D eigenvalue weighted by Gasteiger charge is -2.17. The van der Waals surface area contributed by atoms with Crippen molar-refractivity contribution in [3.8, 4) is 5.75 Å². The lowest BCUT2D eigenvalue weighted by atomic mass is 9.93. The Morgan fingerprint density at radius 3 is 2.28 bits per heavy atom. The first-order chi connectivity index (χ1) is 8.54. The molecule has 2 N–H and O–H groups in total. The largest absolute Gasteiger partial charge is 0.496 e. The first kappa shape index (κ1) is 13.1. The first-order valence-electron chi connectivity index (χ1n) is 5.98. The van der Waals surface area contributed by atoms with Gasteiger partial charge in [-0.1, -0.05) is 6.07 Å². The van der Waals surface area contributed by atoms with Gasteiger partial charge in [-0.05, 0) is 65.4 Å². The van der Waals surface area contributed by atoms with Gasteiger partial charge in [-0.25, -0.2) is 0 Å². The number of benzene rings is 1. The molecule has 0 saturated heterocycles. The maximum Gasteiger partial charge on any atom is 0.122 e. The zero-order valence-corrected chi connectivity index (χ0v) is 12.1. The molecule has 3 heteroatoms. The van der Waals surface area contributed by atoms with Gasteiger partial charge in [0.05, 0.1) is 13.2 Å². The Morgan fingerprint density at radius 2 is 1.72 bits per heavy atom. The summed E-state index contributed by atoms with van der Waals surface area (Å²) in [7, 11) is 1.70. The second-order valence-corrected chi connectivity index (χ2v) is 5.41. The number of thiophene rings is 1. The number of ether oxygens (including phenoxy) is 1. The Hall–Kier alpha value is -1.32. The number of aryl methyl sites for hydroxylation is 3. The molecule has 1 aromatic carbocycles. The molecule has 0 aliphatic heterocycles. The highest BCUT2D eigenvalue weighted by molar-refractivity contribution is 7.08. The number of methoxy groups -OCH3 is 1. The maximum atomic E-state index is 6.39. The SMILES string of the molecule is COc1cc(C)c(C(N)c2cscc2C)cc1C. The third-order valence-electron chi connectivity index (χ3n) is 3.35. The summed E-state index contributed by atoms with van der Waals surface area (Å²) in [5, 5.41) is 4.28. The normalized spacial score (nSPS) is 12.5. The molecular formula is C15H19NOS. The molecule has 0 aliphatic carbocycles. The van der Waals surface area contributed by atoms with Crippen LogP contribution in [-0.4, -0.2) is 7.11 Å². The van der Waals surface area contributed by atoms with Crippen LogP contribution >= 0.6 is 11.3 Å². The van der Waals surface area contributed by atoms with Crippen LogP contribution in [-0.2, 0) is 0 Å². The van der Waals surface area contributed by atoms with Crippen LogP contribution in [0.5, 0.6) is 5.75 Å². The van der Waals surface area contributed by atoms with E-state index in [0.29, 0.717) is 0 Å². The Labute approximate surface area is 112 Å². The zero-order valence-electron chi connectivity index (χ0n) is 11.3. The topological polar surface area (TPSA) is 35.2 Å². The summed E-state index contributed by atoms with van der Waals surface area (Å²) in [5.74, 6) is 0.922. The minimum atomic E-state index is -0.0548. The van der Waals surface area contributed by atoms with Crippen LogP contribution < -0.4 is 10.5 Å². The average Bonchev–Trinajstić information content (AvgIpc) is 2.77. The van der Waals surface area contributed by atoms with Crippen molar-refractivity contribution in [3.05, 3.63) is 50.7 Å². The van der Waals surface area contributed by atoms with Crippen molar-refractivity contribution in [1.82, 2.24) is 0 Å². The van der Waals surface area contributed by atoms with Crippen LogP contribution in [0.2, 0.25) is 0 Å². The molecule has 18 heavy (non-hydrogen) atoms. The van der Waals surface area contributed by atoms with Gasteiger partial charge in [-0.2, -0.15) is 11.3 Å². The Balaban J connectivity index is 2.46. The zero-order chi connectivity index (χ0) is 13.3. The van der Waals surface area contributed by atoms with E-state index in [2.05, 4.69) is 43.7 Å².